The molecule has 2 N–H and O–H groups in total. The van der Waals surface area contributed by atoms with Crippen LogP contribution in [0.1, 0.15) is 32.3 Å². The molecular weight excluding hydrogens is 234 g/mol. The van der Waals surface area contributed by atoms with Crippen molar-refractivity contribution in [3.05, 3.63) is 48.0 Å². The Kier molecular flexibility index (Phi) is 4.01. The maximum Gasteiger partial charge on any atom is 0.156 e. The summed E-state index contributed by atoms with van der Waals surface area (Å²) in [6.07, 6.45) is 2.07. The molecule has 0 radical (unpaired) electrons. The Morgan fingerprint density at radius 2 is 1.84 bits per heavy atom. The molecule has 2 aromatic rings. The van der Waals surface area contributed by atoms with Gasteiger partial charge in [0.2, 0.25) is 0 Å². The van der Waals surface area contributed by atoms with Crippen molar-refractivity contribution < 1.29 is 4.79 Å². The van der Waals surface area contributed by atoms with Gasteiger partial charge in [-0.2, -0.15) is 0 Å². The lowest BCUT2D eigenvalue weighted by Gasteiger charge is -2.22. The lowest BCUT2D eigenvalue weighted by molar-refractivity contribution is -0.123. The van der Waals surface area contributed by atoms with Crippen molar-refractivity contribution in [1.82, 2.24) is 0 Å². The third kappa shape index (κ3) is 3.02. The van der Waals surface area contributed by atoms with Gasteiger partial charge in [-0.05, 0) is 29.7 Å². The van der Waals surface area contributed by atoms with Crippen LogP contribution in [0.15, 0.2) is 42.5 Å². The fourth-order valence-corrected chi connectivity index (χ4v) is 2.48. The minimum atomic E-state index is -0.717. The highest BCUT2D eigenvalue weighted by atomic mass is 16.1. The summed E-state index contributed by atoms with van der Waals surface area (Å²) in [5.74, 6) is 0.116. The Bertz CT molecular complexity index is 581. The highest BCUT2D eigenvalue weighted by molar-refractivity contribution is 5.94. The highest BCUT2D eigenvalue weighted by Gasteiger charge is 2.27. The van der Waals surface area contributed by atoms with Crippen molar-refractivity contribution in [1.29, 1.82) is 0 Å². The zero-order valence-corrected chi connectivity index (χ0v) is 11.6. The molecule has 0 aromatic heterocycles. The molecule has 0 aliphatic heterocycles. The smallest absolute Gasteiger partial charge is 0.156 e. The summed E-state index contributed by atoms with van der Waals surface area (Å²) in [4.78, 5) is 12.3. The zero-order chi connectivity index (χ0) is 13.9. The molecule has 2 rings (SSSR count). The van der Waals surface area contributed by atoms with E-state index in [0.29, 0.717) is 6.42 Å². The number of ketones is 1. The summed E-state index contributed by atoms with van der Waals surface area (Å²) < 4.78 is 0. The quantitative estimate of drug-likeness (QED) is 0.889. The first kappa shape index (κ1) is 13.8. The van der Waals surface area contributed by atoms with Gasteiger partial charge in [0.05, 0.1) is 5.54 Å². The van der Waals surface area contributed by atoms with Crippen LogP contribution in [0.2, 0.25) is 0 Å². The van der Waals surface area contributed by atoms with Crippen LogP contribution in [0.4, 0.5) is 0 Å². The van der Waals surface area contributed by atoms with Crippen LogP contribution in [0.3, 0.4) is 0 Å². The second-order valence-electron chi connectivity index (χ2n) is 5.41. The average molecular weight is 255 g/mol. The van der Waals surface area contributed by atoms with Gasteiger partial charge in [0.15, 0.2) is 5.78 Å². The molecule has 1 atom stereocenters. The standard InChI is InChI=1S/C17H21NO/c1-3-11-17(2,18)16(19)12-14-9-6-8-13-7-4-5-10-15(13)14/h4-10H,3,11-12,18H2,1-2H3. The second kappa shape index (κ2) is 5.54. The van der Waals surface area contributed by atoms with E-state index in [0.717, 1.165) is 23.8 Å². The summed E-state index contributed by atoms with van der Waals surface area (Å²) in [5.41, 5.74) is 6.46. The average Bonchev–Trinajstić information content (AvgIpc) is 2.39. The van der Waals surface area contributed by atoms with Crippen LogP contribution in [-0.2, 0) is 11.2 Å². The van der Waals surface area contributed by atoms with E-state index in [2.05, 4.69) is 25.1 Å². The van der Waals surface area contributed by atoms with Crippen LogP contribution < -0.4 is 5.73 Å². The highest BCUT2D eigenvalue weighted by Crippen LogP contribution is 2.21. The number of fused-ring (bicyclic) bond motifs is 1. The number of hydrogen-bond donors (Lipinski definition) is 1. The van der Waals surface area contributed by atoms with E-state index in [-0.39, 0.29) is 5.78 Å². The Morgan fingerprint density at radius 1 is 1.16 bits per heavy atom. The third-order valence-corrected chi connectivity index (χ3v) is 3.64. The van der Waals surface area contributed by atoms with E-state index in [9.17, 15) is 4.79 Å². The van der Waals surface area contributed by atoms with Gasteiger partial charge in [-0.25, -0.2) is 0 Å². The second-order valence-corrected chi connectivity index (χ2v) is 5.41. The van der Waals surface area contributed by atoms with Crippen molar-refractivity contribution in [2.75, 3.05) is 0 Å². The van der Waals surface area contributed by atoms with Gasteiger partial charge in [-0.15, -0.1) is 0 Å². The van der Waals surface area contributed by atoms with Crippen molar-refractivity contribution in [2.24, 2.45) is 5.73 Å². The van der Waals surface area contributed by atoms with Crippen LogP contribution in [0.25, 0.3) is 10.8 Å². The zero-order valence-electron chi connectivity index (χ0n) is 11.6. The van der Waals surface area contributed by atoms with E-state index < -0.39 is 5.54 Å². The Labute approximate surface area is 114 Å². The third-order valence-electron chi connectivity index (χ3n) is 3.64. The Hall–Kier alpha value is -1.67. The lowest BCUT2D eigenvalue weighted by Crippen LogP contribution is -2.45. The summed E-state index contributed by atoms with van der Waals surface area (Å²) in [6.45, 7) is 3.89. The first-order valence-electron chi connectivity index (χ1n) is 6.83. The molecule has 0 bridgehead atoms. The predicted molar refractivity (Wildman–Crippen MR) is 80.2 cm³/mol. The number of carbonyl (C=O) groups is 1. The van der Waals surface area contributed by atoms with Crippen molar-refractivity contribution in [3.8, 4) is 0 Å². The van der Waals surface area contributed by atoms with Crippen molar-refractivity contribution >= 4 is 16.6 Å². The van der Waals surface area contributed by atoms with E-state index in [1.807, 2.05) is 31.2 Å². The minimum Gasteiger partial charge on any atom is -0.319 e. The van der Waals surface area contributed by atoms with Gasteiger partial charge in [0, 0.05) is 6.42 Å². The SMILES string of the molecule is CCCC(C)(N)C(=O)Cc1cccc2ccccc12. The molecule has 0 heterocycles. The molecule has 0 amide bonds. The van der Waals surface area contributed by atoms with Gasteiger partial charge in [0.1, 0.15) is 0 Å². The number of benzene rings is 2. The number of nitrogens with two attached hydrogens (primary N) is 1. The van der Waals surface area contributed by atoms with Crippen molar-refractivity contribution in [3.63, 3.8) is 0 Å². The molecule has 100 valence electrons. The lowest BCUT2D eigenvalue weighted by atomic mass is 9.87. The van der Waals surface area contributed by atoms with Crippen LogP contribution in [0.5, 0.6) is 0 Å². The first-order valence-corrected chi connectivity index (χ1v) is 6.83. The van der Waals surface area contributed by atoms with Gasteiger partial charge in [-0.3, -0.25) is 4.79 Å². The molecular formula is C17H21NO. The molecule has 1 unspecified atom stereocenters. The molecule has 2 nitrogen and oxygen atoms in total. The first-order chi connectivity index (χ1) is 9.04. The van der Waals surface area contributed by atoms with Crippen LogP contribution in [0, 0.1) is 0 Å². The number of Topliss-reactive ketones (excluding diaryl/α,β-unsaturated/α-hetero) is 1. The van der Waals surface area contributed by atoms with E-state index in [1.54, 1.807) is 0 Å². The molecule has 0 saturated carbocycles. The molecule has 19 heavy (non-hydrogen) atoms. The summed E-state index contributed by atoms with van der Waals surface area (Å²) >= 11 is 0. The number of rotatable bonds is 5. The Morgan fingerprint density at radius 3 is 2.58 bits per heavy atom. The number of carbonyl (C=O) groups excluding carboxylic acids is 1. The molecule has 0 aliphatic rings. The maximum atomic E-state index is 12.3. The molecule has 0 aliphatic carbocycles. The fourth-order valence-electron chi connectivity index (χ4n) is 2.48. The van der Waals surface area contributed by atoms with Crippen LogP contribution in [-0.4, -0.2) is 11.3 Å². The molecule has 0 fully saturated rings. The monoisotopic (exact) mass is 255 g/mol. The van der Waals surface area contributed by atoms with Crippen LogP contribution >= 0.6 is 0 Å². The minimum absolute atomic E-state index is 0.116. The number of hydrogen-bond acceptors (Lipinski definition) is 2. The molecule has 0 saturated heterocycles. The van der Waals surface area contributed by atoms with Gasteiger partial charge >= 0.3 is 0 Å². The van der Waals surface area contributed by atoms with Gasteiger partial charge in [0.25, 0.3) is 0 Å². The topological polar surface area (TPSA) is 43.1 Å². The van der Waals surface area contributed by atoms with Crippen molar-refractivity contribution in [2.45, 2.75) is 38.6 Å². The molecule has 2 heteroatoms. The van der Waals surface area contributed by atoms with E-state index in [4.69, 9.17) is 5.73 Å². The molecule has 2 aromatic carbocycles. The summed E-state index contributed by atoms with van der Waals surface area (Å²) in [6, 6.07) is 14.2. The van der Waals surface area contributed by atoms with Gasteiger partial charge < -0.3 is 5.73 Å². The van der Waals surface area contributed by atoms with Gasteiger partial charge in [-0.1, -0.05) is 55.8 Å². The predicted octanol–water partition coefficient (Wildman–Crippen LogP) is 3.47. The largest absolute Gasteiger partial charge is 0.319 e. The molecule has 0 spiro atoms. The Balaban J connectivity index is 2.29. The fraction of sp³-hybridized carbons (Fsp3) is 0.353. The summed E-state index contributed by atoms with van der Waals surface area (Å²) in [7, 11) is 0. The summed E-state index contributed by atoms with van der Waals surface area (Å²) in [5, 5.41) is 2.31. The van der Waals surface area contributed by atoms with E-state index in [1.165, 1.54) is 5.39 Å². The maximum absolute atomic E-state index is 12.3. The van der Waals surface area contributed by atoms with E-state index >= 15 is 0 Å². The normalized spacial score (nSPS) is 14.3.